The molecule has 0 aliphatic rings. The normalized spacial score (nSPS) is 12.2. The highest BCUT2D eigenvalue weighted by Gasteiger charge is 2.19. The number of aryl methyl sites for hydroxylation is 1. The summed E-state index contributed by atoms with van der Waals surface area (Å²) in [6, 6.07) is 1.27. The number of rotatable bonds is 7. The van der Waals surface area contributed by atoms with Crippen LogP contribution in [0.3, 0.4) is 0 Å². The molecular weight excluding hydrogens is 258 g/mol. The fourth-order valence-corrected chi connectivity index (χ4v) is 2.07. The molecule has 0 fully saturated rings. The van der Waals surface area contributed by atoms with Crippen LogP contribution in [0.5, 0.6) is 5.75 Å². The zero-order valence-corrected chi connectivity index (χ0v) is 12.4. The van der Waals surface area contributed by atoms with E-state index in [9.17, 15) is 14.7 Å². The number of hydrogen-bond acceptors (Lipinski definition) is 4. The zero-order valence-electron chi connectivity index (χ0n) is 12.4. The Hall–Kier alpha value is -1.78. The maximum Gasteiger partial charge on any atom is 0.352 e. The van der Waals surface area contributed by atoms with Gasteiger partial charge in [-0.05, 0) is 19.3 Å². The van der Waals surface area contributed by atoms with Gasteiger partial charge in [0.15, 0.2) is 5.56 Å². The third kappa shape index (κ3) is 4.40. The molecule has 1 aromatic rings. The smallest absolute Gasteiger partial charge is 0.352 e. The monoisotopic (exact) mass is 281 g/mol. The lowest BCUT2D eigenvalue weighted by Gasteiger charge is -2.15. The molecule has 2 N–H and O–H groups in total. The zero-order chi connectivity index (χ0) is 15.1. The quantitative estimate of drug-likeness (QED) is 0.805. The van der Waals surface area contributed by atoms with Crippen molar-refractivity contribution < 1.29 is 14.3 Å². The fourth-order valence-electron chi connectivity index (χ4n) is 2.07. The molecule has 1 aromatic heterocycles. The number of hydrogen-bond donors (Lipinski definition) is 2. The molecule has 0 radical (unpaired) electrons. The second-order valence-corrected chi connectivity index (χ2v) is 5.03. The van der Waals surface area contributed by atoms with Crippen LogP contribution in [0.4, 0.5) is 0 Å². The Morgan fingerprint density at radius 2 is 2.15 bits per heavy atom. The summed E-state index contributed by atoms with van der Waals surface area (Å²) in [4.78, 5) is 23.6. The summed E-state index contributed by atoms with van der Waals surface area (Å²) in [5.74, 6) is -0.249. The maximum absolute atomic E-state index is 12.0. The van der Waals surface area contributed by atoms with Gasteiger partial charge < -0.3 is 14.8 Å². The first-order valence-electron chi connectivity index (χ1n) is 7.11. The van der Waals surface area contributed by atoms with Gasteiger partial charge in [0.25, 0.3) is 5.91 Å². The topological polar surface area (TPSA) is 79.5 Å². The third-order valence-electron chi connectivity index (χ3n) is 3.38. The van der Waals surface area contributed by atoms with Crippen LogP contribution in [0.25, 0.3) is 0 Å². The second-order valence-electron chi connectivity index (χ2n) is 5.03. The molecule has 0 aliphatic carbocycles. The van der Waals surface area contributed by atoms with E-state index in [-0.39, 0.29) is 17.1 Å². The number of aromatic hydroxyl groups is 1. The molecule has 0 spiro atoms. The average molecular weight is 281 g/mol. The number of carbonyl (C=O) groups excluding carboxylic acids is 1. The molecule has 1 atom stereocenters. The van der Waals surface area contributed by atoms with E-state index < -0.39 is 11.5 Å². The van der Waals surface area contributed by atoms with Crippen molar-refractivity contribution in [2.75, 3.05) is 6.54 Å². The lowest BCUT2D eigenvalue weighted by Crippen LogP contribution is -2.32. The highest BCUT2D eigenvalue weighted by molar-refractivity contribution is 5.96. The highest BCUT2D eigenvalue weighted by Crippen LogP contribution is 2.15. The summed E-state index contributed by atoms with van der Waals surface area (Å²) in [7, 11) is 0. The highest BCUT2D eigenvalue weighted by atomic mass is 16.4. The van der Waals surface area contributed by atoms with Crippen LogP contribution >= 0.6 is 0 Å². The fraction of sp³-hybridized carbons (Fsp3) is 0.600. The molecule has 0 bridgehead atoms. The van der Waals surface area contributed by atoms with Gasteiger partial charge in [-0.2, -0.15) is 0 Å². The third-order valence-corrected chi connectivity index (χ3v) is 3.38. The average Bonchev–Trinajstić information content (AvgIpc) is 2.37. The lowest BCUT2D eigenvalue weighted by molar-refractivity contribution is 0.0938. The Morgan fingerprint density at radius 3 is 2.70 bits per heavy atom. The van der Waals surface area contributed by atoms with E-state index in [0.29, 0.717) is 12.5 Å². The molecule has 0 saturated heterocycles. The van der Waals surface area contributed by atoms with Crippen LogP contribution in [-0.2, 0) is 0 Å². The molecule has 20 heavy (non-hydrogen) atoms. The van der Waals surface area contributed by atoms with Crippen LogP contribution in [0.15, 0.2) is 15.3 Å². The summed E-state index contributed by atoms with van der Waals surface area (Å²) >= 11 is 0. The molecule has 0 saturated carbocycles. The van der Waals surface area contributed by atoms with Crippen molar-refractivity contribution in [2.45, 2.75) is 46.5 Å². The van der Waals surface area contributed by atoms with Crippen molar-refractivity contribution in [3.05, 3.63) is 27.8 Å². The summed E-state index contributed by atoms with van der Waals surface area (Å²) in [5, 5.41) is 12.4. The molecule has 1 rings (SSSR count). The van der Waals surface area contributed by atoms with Crippen molar-refractivity contribution in [1.29, 1.82) is 0 Å². The predicted molar refractivity (Wildman–Crippen MR) is 77.0 cm³/mol. The second kappa shape index (κ2) is 7.72. The molecule has 1 heterocycles. The molecule has 0 aliphatic heterocycles. The predicted octanol–water partition coefficient (Wildman–Crippen LogP) is 2.60. The summed E-state index contributed by atoms with van der Waals surface area (Å²) in [5.41, 5.74) is -1.12. The van der Waals surface area contributed by atoms with Crippen molar-refractivity contribution in [3.63, 3.8) is 0 Å². The largest absolute Gasteiger partial charge is 0.507 e. The Morgan fingerprint density at radius 1 is 1.45 bits per heavy atom. The molecule has 112 valence electrons. The molecular formula is C15H23NO4. The minimum absolute atomic E-state index is 0.276. The van der Waals surface area contributed by atoms with Crippen molar-refractivity contribution in [2.24, 2.45) is 5.92 Å². The van der Waals surface area contributed by atoms with E-state index in [1.54, 1.807) is 6.92 Å². The Kier molecular flexibility index (Phi) is 6.28. The van der Waals surface area contributed by atoms with E-state index in [0.717, 1.165) is 25.7 Å². The van der Waals surface area contributed by atoms with Crippen LogP contribution in [0, 0.1) is 12.8 Å². The lowest BCUT2D eigenvalue weighted by atomic mass is 9.99. The van der Waals surface area contributed by atoms with E-state index in [1.807, 2.05) is 0 Å². The van der Waals surface area contributed by atoms with E-state index in [4.69, 9.17) is 4.42 Å². The van der Waals surface area contributed by atoms with Gasteiger partial charge in [0, 0.05) is 12.6 Å². The number of carbonyl (C=O) groups is 1. The first-order valence-corrected chi connectivity index (χ1v) is 7.11. The molecule has 5 heteroatoms. The number of unbranched alkanes of at least 4 members (excludes halogenated alkanes) is 1. The Balaban J connectivity index is 2.70. The van der Waals surface area contributed by atoms with Gasteiger partial charge in [-0.1, -0.05) is 33.1 Å². The standard InChI is InChI=1S/C15H23NO4/c1-4-6-7-11(5-2)9-16-14(18)13-12(17)8-10(3)20-15(13)19/h8,11,17H,4-7,9H2,1-3H3,(H,16,18). The summed E-state index contributed by atoms with van der Waals surface area (Å²) < 4.78 is 4.83. The number of nitrogens with one attached hydrogen (secondary N) is 1. The van der Waals surface area contributed by atoms with E-state index in [1.165, 1.54) is 6.07 Å². The van der Waals surface area contributed by atoms with Gasteiger partial charge in [0.2, 0.25) is 0 Å². The van der Waals surface area contributed by atoms with Gasteiger partial charge in [0.05, 0.1) is 0 Å². The van der Waals surface area contributed by atoms with Crippen LogP contribution < -0.4 is 10.9 Å². The van der Waals surface area contributed by atoms with E-state index >= 15 is 0 Å². The summed E-state index contributed by atoms with van der Waals surface area (Å²) in [6.07, 6.45) is 4.25. The Bertz CT molecular complexity index is 507. The number of amides is 1. The van der Waals surface area contributed by atoms with Gasteiger partial charge >= 0.3 is 5.63 Å². The van der Waals surface area contributed by atoms with Crippen molar-refractivity contribution >= 4 is 5.91 Å². The van der Waals surface area contributed by atoms with Gasteiger partial charge in [-0.25, -0.2) is 4.79 Å². The van der Waals surface area contributed by atoms with Crippen molar-refractivity contribution in [3.8, 4) is 5.75 Å². The Labute approximate surface area is 119 Å². The van der Waals surface area contributed by atoms with Crippen LogP contribution in [0.2, 0.25) is 0 Å². The minimum Gasteiger partial charge on any atom is -0.507 e. The SMILES string of the molecule is CCCCC(CC)CNC(=O)c1c(O)cc(C)oc1=O. The van der Waals surface area contributed by atoms with E-state index in [2.05, 4.69) is 19.2 Å². The first-order chi connectivity index (χ1) is 9.49. The molecule has 5 nitrogen and oxygen atoms in total. The molecule has 0 aromatic carbocycles. The minimum atomic E-state index is -0.804. The summed E-state index contributed by atoms with van der Waals surface area (Å²) in [6.45, 7) is 6.24. The van der Waals surface area contributed by atoms with Crippen LogP contribution in [0.1, 0.15) is 55.6 Å². The van der Waals surface area contributed by atoms with Crippen molar-refractivity contribution in [1.82, 2.24) is 5.32 Å². The van der Waals surface area contributed by atoms with Crippen LogP contribution in [-0.4, -0.2) is 17.6 Å². The maximum atomic E-state index is 12.0. The molecule has 1 unspecified atom stereocenters. The molecule has 1 amide bonds. The van der Waals surface area contributed by atoms with Gasteiger partial charge in [-0.15, -0.1) is 0 Å². The van der Waals surface area contributed by atoms with Gasteiger partial charge in [0.1, 0.15) is 11.5 Å². The first kappa shape index (κ1) is 16.3. The van der Waals surface area contributed by atoms with Gasteiger partial charge in [-0.3, -0.25) is 4.79 Å².